The molecule has 1 aliphatic rings. The van der Waals surface area contributed by atoms with E-state index in [1.165, 1.54) is 9.75 Å². The van der Waals surface area contributed by atoms with E-state index in [0.29, 0.717) is 12.1 Å². The number of hydrogen-bond donors (Lipinski definition) is 1. The van der Waals surface area contributed by atoms with Crippen LogP contribution in [-0.2, 0) is 12.0 Å². The summed E-state index contributed by atoms with van der Waals surface area (Å²) in [7, 11) is 0. The van der Waals surface area contributed by atoms with Gasteiger partial charge in [-0.25, -0.2) is 0 Å². The molecule has 2 atom stereocenters. The minimum absolute atomic E-state index is 0.285. The van der Waals surface area contributed by atoms with Crippen LogP contribution in [0, 0.1) is 0 Å². The molecule has 0 spiro atoms. The quantitative estimate of drug-likeness (QED) is 0.884. The third-order valence-corrected chi connectivity index (χ3v) is 4.91. The van der Waals surface area contributed by atoms with Gasteiger partial charge in [0.05, 0.1) is 0 Å². The van der Waals surface area contributed by atoms with Gasteiger partial charge in [-0.15, -0.1) is 11.3 Å². The minimum Gasteiger partial charge on any atom is -0.309 e. The van der Waals surface area contributed by atoms with Crippen LogP contribution in [0.4, 0.5) is 0 Å². The number of thiophene rings is 1. The smallest absolute Gasteiger partial charge is 0.0329 e. The summed E-state index contributed by atoms with van der Waals surface area (Å²) in [6.07, 6.45) is 0. The molecule has 1 fully saturated rings. The van der Waals surface area contributed by atoms with Gasteiger partial charge in [0.2, 0.25) is 0 Å². The Kier molecular flexibility index (Phi) is 4.15. The summed E-state index contributed by atoms with van der Waals surface area (Å²) < 4.78 is 0. The summed E-state index contributed by atoms with van der Waals surface area (Å²) in [6, 6.07) is 5.82. The van der Waals surface area contributed by atoms with Crippen molar-refractivity contribution in [3.8, 4) is 0 Å². The average molecular weight is 266 g/mol. The molecule has 1 aromatic heterocycles. The van der Waals surface area contributed by atoms with Crippen LogP contribution >= 0.6 is 11.3 Å². The maximum absolute atomic E-state index is 3.59. The Hall–Kier alpha value is -0.380. The van der Waals surface area contributed by atoms with Crippen LogP contribution in [0.5, 0.6) is 0 Å². The molecule has 1 saturated heterocycles. The zero-order valence-electron chi connectivity index (χ0n) is 12.3. The largest absolute Gasteiger partial charge is 0.309 e. The van der Waals surface area contributed by atoms with Gasteiger partial charge in [-0.1, -0.05) is 20.8 Å². The van der Waals surface area contributed by atoms with Gasteiger partial charge in [-0.3, -0.25) is 4.90 Å². The first-order chi connectivity index (χ1) is 8.34. The molecule has 1 N–H and O–H groups in total. The second kappa shape index (κ2) is 5.32. The molecule has 0 saturated carbocycles. The monoisotopic (exact) mass is 266 g/mol. The van der Waals surface area contributed by atoms with E-state index < -0.39 is 0 Å². The molecule has 18 heavy (non-hydrogen) atoms. The third-order valence-electron chi connectivity index (χ3n) is 3.41. The highest BCUT2D eigenvalue weighted by atomic mass is 32.1. The Morgan fingerprint density at radius 3 is 2.33 bits per heavy atom. The lowest BCUT2D eigenvalue weighted by Gasteiger charge is -2.35. The molecular weight excluding hydrogens is 240 g/mol. The Morgan fingerprint density at radius 1 is 1.22 bits per heavy atom. The van der Waals surface area contributed by atoms with Crippen molar-refractivity contribution in [3.05, 3.63) is 21.9 Å². The van der Waals surface area contributed by atoms with Crippen molar-refractivity contribution in [1.82, 2.24) is 10.2 Å². The number of piperazine rings is 1. The van der Waals surface area contributed by atoms with Gasteiger partial charge >= 0.3 is 0 Å². The molecule has 0 radical (unpaired) electrons. The van der Waals surface area contributed by atoms with Gasteiger partial charge < -0.3 is 5.32 Å². The maximum atomic E-state index is 3.59. The molecule has 0 aliphatic carbocycles. The number of hydrogen-bond acceptors (Lipinski definition) is 3. The van der Waals surface area contributed by atoms with Crippen molar-refractivity contribution in [2.75, 3.05) is 13.1 Å². The lowest BCUT2D eigenvalue weighted by Crippen LogP contribution is -2.53. The number of nitrogens with zero attached hydrogens (tertiary/aromatic N) is 1. The van der Waals surface area contributed by atoms with E-state index in [4.69, 9.17) is 0 Å². The van der Waals surface area contributed by atoms with Crippen LogP contribution in [-0.4, -0.2) is 30.1 Å². The Bertz CT molecular complexity index is 381. The first-order valence-electron chi connectivity index (χ1n) is 6.92. The molecule has 1 aliphatic heterocycles. The van der Waals surface area contributed by atoms with E-state index in [-0.39, 0.29) is 5.41 Å². The molecule has 2 unspecified atom stereocenters. The zero-order chi connectivity index (χ0) is 13.3. The van der Waals surface area contributed by atoms with Crippen molar-refractivity contribution >= 4 is 11.3 Å². The Labute approximate surface area is 115 Å². The van der Waals surface area contributed by atoms with E-state index in [1.54, 1.807) is 0 Å². The van der Waals surface area contributed by atoms with Crippen molar-refractivity contribution in [2.24, 2.45) is 0 Å². The lowest BCUT2D eigenvalue weighted by molar-refractivity contribution is 0.168. The van der Waals surface area contributed by atoms with Gasteiger partial charge in [0.1, 0.15) is 0 Å². The predicted molar refractivity (Wildman–Crippen MR) is 80.4 cm³/mol. The summed E-state index contributed by atoms with van der Waals surface area (Å²) in [4.78, 5) is 5.57. The molecule has 2 rings (SSSR count). The van der Waals surface area contributed by atoms with Crippen LogP contribution < -0.4 is 5.32 Å². The van der Waals surface area contributed by atoms with E-state index in [0.717, 1.165) is 19.6 Å². The maximum Gasteiger partial charge on any atom is 0.0329 e. The summed E-state index contributed by atoms with van der Waals surface area (Å²) in [5.74, 6) is 0. The van der Waals surface area contributed by atoms with E-state index in [2.05, 4.69) is 57.0 Å². The highest BCUT2D eigenvalue weighted by Crippen LogP contribution is 2.30. The molecule has 2 heterocycles. The molecule has 0 aromatic carbocycles. The van der Waals surface area contributed by atoms with E-state index >= 15 is 0 Å². The number of nitrogens with one attached hydrogen (secondary N) is 1. The van der Waals surface area contributed by atoms with Gasteiger partial charge in [0, 0.05) is 41.5 Å². The van der Waals surface area contributed by atoms with Gasteiger partial charge in [0.15, 0.2) is 0 Å². The Morgan fingerprint density at radius 2 is 1.83 bits per heavy atom. The van der Waals surface area contributed by atoms with E-state index in [9.17, 15) is 0 Å². The minimum atomic E-state index is 0.285. The fraction of sp³-hybridized carbons (Fsp3) is 0.733. The second-order valence-electron chi connectivity index (χ2n) is 6.68. The van der Waals surface area contributed by atoms with Crippen LogP contribution in [0.2, 0.25) is 0 Å². The van der Waals surface area contributed by atoms with Crippen molar-refractivity contribution in [2.45, 2.75) is 58.7 Å². The normalized spacial score (nSPS) is 26.5. The number of rotatable bonds is 2. The first kappa shape index (κ1) is 14.0. The van der Waals surface area contributed by atoms with Crippen LogP contribution in [0.1, 0.15) is 44.4 Å². The fourth-order valence-electron chi connectivity index (χ4n) is 2.66. The van der Waals surface area contributed by atoms with Crippen molar-refractivity contribution < 1.29 is 0 Å². The summed E-state index contributed by atoms with van der Waals surface area (Å²) in [5, 5.41) is 3.59. The third kappa shape index (κ3) is 3.56. The summed E-state index contributed by atoms with van der Waals surface area (Å²) in [6.45, 7) is 14.8. The van der Waals surface area contributed by atoms with Crippen LogP contribution in [0.15, 0.2) is 12.1 Å². The Balaban J connectivity index is 1.99. The zero-order valence-corrected chi connectivity index (χ0v) is 13.1. The molecule has 0 bridgehead atoms. The highest BCUT2D eigenvalue weighted by molar-refractivity contribution is 7.12. The van der Waals surface area contributed by atoms with Crippen molar-refractivity contribution in [3.63, 3.8) is 0 Å². The van der Waals surface area contributed by atoms with E-state index in [1.807, 2.05) is 11.3 Å². The molecule has 3 heteroatoms. The molecular formula is C15H26N2S. The summed E-state index contributed by atoms with van der Waals surface area (Å²) >= 11 is 1.97. The average Bonchev–Trinajstić information content (AvgIpc) is 2.63. The molecule has 102 valence electrons. The highest BCUT2D eigenvalue weighted by Gasteiger charge is 2.22. The SMILES string of the molecule is CC1CN(Cc2ccc(C(C)(C)C)s2)CC(C)N1. The lowest BCUT2D eigenvalue weighted by atomic mass is 9.95. The van der Waals surface area contributed by atoms with Crippen molar-refractivity contribution in [1.29, 1.82) is 0 Å². The summed E-state index contributed by atoms with van der Waals surface area (Å²) in [5.41, 5.74) is 0.285. The van der Waals surface area contributed by atoms with Crippen LogP contribution in [0.3, 0.4) is 0 Å². The van der Waals surface area contributed by atoms with Crippen LogP contribution in [0.25, 0.3) is 0 Å². The second-order valence-corrected chi connectivity index (χ2v) is 7.85. The first-order valence-corrected chi connectivity index (χ1v) is 7.74. The fourth-order valence-corrected chi connectivity index (χ4v) is 3.76. The molecule has 1 aromatic rings. The predicted octanol–water partition coefficient (Wildman–Crippen LogP) is 3.23. The van der Waals surface area contributed by atoms with Gasteiger partial charge in [0.25, 0.3) is 0 Å². The standard InChI is InChI=1S/C15H26N2S/c1-11-8-17(9-12(2)16-11)10-13-6-7-14(18-13)15(3,4)5/h6-7,11-12,16H,8-10H2,1-5H3. The molecule has 2 nitrogen and oxygen atoms in total. The topological polar surface area (TPSA) is 15.3 Å². The van der Waals surface area contributed by atoms with Gasteiger partial charge in [-0.05, 0) is 31.4 Å². The van der Waals surface area contributed by atoms with Gasteiger partial charge in [-0.2, -0.15) is 0 Å². The molecule has 0 amide bonds.